The molecule has 0 spiro atoms. The van der Waals surface area contributed by atoms with Crippen molar-refractivity contribution in [1.29, 1.82) is 0 Å². The predicted octanol–water partition coefficient (Wildman–Crippen LogP) is 2.82. The van der Waals surface area contributed by atoms with E-state index in [1.54, 1.807) is 6.20 Å². The number of aromatic nitrogens is 2. The first-order valence-corrected chi connectivity index (χ1v) is 9.51. The van der Waals surface area contributed by atoms with Crippen LogP contribution in [-0.2, 0) is 19.5 Å². The van der Waals surface area contributed by atoms with Crippen molar-refractivity contribution in [2.24, 2.45) is 5.92 Å². The van der Waals surface area contributed by atoms with Gasteiger partial charge >= 0.3 is 0 Å². The lowest BCUT2D eigenvalue weighted by atomic mass is 9.99. The molecule has 0 radical (unpaired) electrons. The maximum Gasteiger partial charge on any atom is 0.0785 e. The summed E-state index contributed by atoms with van der Waals surface area (Å²) in [6.45, 7) is 2.65. The maximum absolute atomic E-state index is 10.4. The van der Waals surface area contributed by atoms with E-state index in [0.29, 0.717) is 10.9 Å². The van der Waals surface area contributed by atoms with Gasteiger partial charge in [-0.2, -0.15) is 5.10 Å². The number of nitrogens with one attached hydrogen (secondary N) is 2. The van der Waals surface area contributed by atoms with Crippen LogP contribution in [0.5, 0.6) is 0 Å². The van der Waals surface area contributed by atoms with Crippen molar-refractivity contribution in [3.05, 3.63) is 46.7 Å². The first kappa shape index (κ1) is 16.9. The van der Waals surface area contributed by atoms with Crippen LogP contribution in [-0.4, -0.2) is 33.6 Å². The van der Waals surface area contributed by atoms with Gasteiger partial charge in [0.2, 0.25) is 0 Å². The lowest BCUT2D eigenvalue weighted by Crippen LogP contribution is -2.35. The molecule has 2 aliphatic rings. The van der Waals surface area contributed by atoms with Crippen molar-refractivity contribution in [2.75, 3.05) is 11.9 Å². The number of aryl methyl sites for hydroxylation is 1. The fraction of sp³-hybridized carbons (Fsp3) is 0.526. The second kappa shape index (κ2) is 7.36. The molecule has 1 aliphatic carbocycles. The normalized spacial score (nSPS) is 25.6. The highest BCUT2D eigenvalue weighted by atomic mass is 35.5. The second-order valence-electron chi connectivity index (χ2n) is 7.25. The van der Waals surface area contributed by atoms with Crippen molar-refractivity contribution < 1.29 is 5.11 Å². The maximum atomic E-state index is 10.4. The van der Waals surface area contributed by atoms with Crippen molar-refractivity contribution in [3.8, 4) is 0 Å². The zero-order chi connectivity index (χ0) is 17.2. The fourth-order valence-corrected chi connectivity index (χ4v) is 4.31. The van der Waals surface area contributed by atoms with E-state index in [1.165, 1.54) is 23.2 Å². The minimum absolute atomic E-state index is 0.135. The standard InChI is InChI=1S/C19H25ClN4O/c20-16-10-23-24(12-16)11-13-7-17(18(25)8-13)22-9-15-4-1-3-14-5-2-6-21-19(14)15/h1,3-4,10,12-13,17-18,21-22,25H,2,5-9,11H2/t13?,17-,18-/m1/s1. The van der Waals surface area contributed by atoms with Gasteiger partial charge in [0, 0.05) is 37.6 Å². The van der Waals surface area contributed by atoms with Gasteiger partial charge in [0.05, 0.1) is 17.3 Å². The van der Waals surface area contributed by atoms with Crippen LogP contribution >= 0.6 is 11.6 Å². The highest BCUT2D eigenvalue weighted by molar-refractivity contribution is 6.30. The molecule has 3 atom stereocenters. The molecular weight excluding hydrogens is 336 g/mol. The molecule has 2 aromatic rings. The number of benzene rings is 1. The zero-order valence-corrected chi connectivity index (χ0v) is 15.0. The van der Waals surface area contributed by atoms with Crippen LogP contribution in [0.3, 0.4) is 0 Å². The van der Waals surface area contributed by atoms with E-state index in [1.807, 2.05) is 10.9 Å². The van der Waals surface area contributed by atoms with Gasteiger partial charge in [0.25, 0.3) is 0 Å². The Morgan fingerprint density at radius 1 is 1.36 bits per heavy atom. The van der Waals surface area contributed by atoms with Crippen LogP contribution in [0.1, 0.15) is 30.4 Å². The molecule has 0 amide bonds. The first-order valence-electron chi connectivity index (χ1n) is 9.13. The van der Waals surface area contributed by atoms with Crippen molar-refractivity contribution in [3.63, 3.8) is 0 Å². The van der Waals surface area contributed by atoms with Crippen LogP contribution in [0.2, 0.25) is 5.02 Å². The van der Waals surface area contributed by atoms with Crippen LogP contribution in [0.25, 0.3) is 0 Å². The lowest BCUT2D eigenvalue weighted by Gasteiger charge is -2.23. The van der Waals surface area contributed by atoms with E-state index >= 15 is 0 Å². The van der Waals surface area contributed by atoms with Gasteiger partial charge < -0.3 is 15.7 Å². The van der Waals surface area contributed by atoms with E-state index in [0.717, 1.165) is 38.9 Å². The topological polar surface area (TPSA) is 62.1 Å². The molecule has 1 aromatic carbocycles. The number of hydrogen-bond donors (Lipinski definition) is 3. The minimum atomic E-state index is -0.302. The Balaban J connectivity index is 1.35. The zero-order valence-electron chi connectivity index (χ0n) is 14.3. The summed E-state index contributed by atoms with van der Waals surface area (Å²) >= 11 is 5.93. The third kappa shape index (κ3) is 3.84. The smallest absolute Gasteiger partial charge is 0.0785 e. The van der Waals surface area contributed by atoms with Gasteiger partial charge in [0.15, 0.2) is 0 Å². The predicted molar refractivity (Wildman–Crippen MR) is 99.8 cm³/mol. The summed E-state index contributed by atoms with van der Waals surface area (Å²) in [5, 5.41) is 22.4. The Hall–Kier alpha value is -1.56. The molecule has 1 unspecified atom stereocenters. The molecule has 25 heavy (non-hydrogen) atoms. The summed E-state index contributed by atoms with van der Waals surface area (Å²) in [5.74, 6) is 0.422. The largest absolute Gasteiger partial charge is 0.391 e. The van der Waals surface area contributed by atoms with E-state index in [4.69, 9.17) is 11.6 Å². The highest BCUT2D eigenvalue weighted by Crippen LogP contribution is 2.30. The lowest BCUT2D eigenvalue weighted by molar-refractivity contribution is 0.145. The molecule has 134 valence electrons. The number of aliphatic hydroxyl groups is 1. The Bertz CT molecular complexity index is 732. The summed E-state index contributed by atoms with van der Waals surface area (Å²) in [6, 6.07) is 6.66. The van der Waals surface area contributed by atoms with E-state index < -0.39 is 0 Å². The van der Waals surface area contributed by atoms with Crippen LogP contribution in [0.4, 0.5) is 5.69 Å². The monoisotopic (exact) mass is 360 g/mol. The number of rotatable bonds is 5. The molecule has 1 aromatic heterocycles. The van der Waals surface area contributed by atoms with Gasteiger partial charge in [-0.3, -0.25) is 4.68 Å². The summed E-state index contributed by atoms with van der Waals surface area (Å²) in [5.41, 5.74) is 3.99. The van der Waals surface area contributed by atoms with Crippen LogP contribution < -0.4 is 10.6 Å². The van der Waals surface area contributed by atoms with E-state index in [9.17, 15) is 5.11 Å². The van der Waals surface area contributed by atoms with Crippen molar-refractivity contribution in [1.82, 2.24) is 15.1 Å². The van der Waals surface area contributed by atoms with Crippen molar-refractivity contribution >= 4 is 17.3 Å². The Kier molecular flexibility index (Phi) is 4.97. The molecule has 1 aliphatic heterocycles. The molecule has 3 N–H and O–H groups in total. The molecule has 0 saturated heterocycles. The van der Waals surface area contributed by atoms with Crippen LogP contribution in [0.15, 0.2) is 30.6 Å². The molecule has 4 rings (SSSR count). The molecule has 1 fully saturated rings. The van der Waals surface area contributed by atoms with Gasteiger partial charge in [0.1, 0.15) is 0 Å². The van der Waals surface area contributed by atoms with E-state index in [-0.39, 0.29) is 12.1 Å². The fourth-order valence-electron chi connectivity index (χ4n) is 4.16. The molecular formula is C19H25ClN4O. The number of aliphatic hydroxyl groups excluding tert-OH is 1. The number of halogens is 1. The Labute approximate surface area is 153 Å². The number of nitrogens with zero attached hydrogens (tertiary/aromatic N) is 2. The third-order valence-electron chi connectivity index (χ3n) is 5.39. The molecule has 0 bridgehead atoms. The van der Waals surface area contributed by atoms with E-state index in [2.05, 4.69) is 33.9 Å². The van der Waals surface area contributed by atoms with Gasteiger partial charge in [-0.25, -0.2) is 0 Å². The summed E-state index contributed by atoms with van der Waals surface area (Å²) in [7, 11) is 0. The minimum Gasteiger partial charge on any atom is -0.391 e. The van der Waals surface area contributed by atoms with Gasteiger partial charge in [-0.15, -0.1) is 0 Å². The quantitative estimate of drug-likeness (QED) is 0.767. The van der Waals surface area contributed by atoms with Crippen LogP contribution in [0, 0.1) is 5.92 Å². The third-order valence-corrected chi connectivity index (χ3v) is 5.59. The average molecular weight is 361 g/mol. The van der Waals surface area contributed by atoms with Gasteiger partial charge in [-0.05, 0) is 42.7 Å². The second-order valence-corrected chi connectivity index (χ2v) is 7.69. The molecule has 1 saturated carbocycles. The average Bonchev–Trinajstić information content (AvgIpc) is 3.18. The summed E-state index contributed by atoms with van der Waals surface area (Å²) in [6.07, 6.45) is 7.32. The molecule has 5 nitrogen and oxygen atoms in total. The van der Waals surface area contributed by atoms with Gasteiger partial charge in [-0.1, -0.05) is 29.8 Å². The Morgan fingerprint density at radius 2 is 2.28 bits per heavy atom. The van der Waals surface area contributed by atoms with Crippen molar-refractivity contribution in [2.45, 2.75) is 50.9 Å². The molecule has 2 heterocycles. The number of anilines is 1. The number of para-hydroxylation sites is 1. The Morgan fingerprint density at radius 3 is 3.12 bits per heavy atom. The highest BCUT2D eigenvalue weighted by Gasteiger charge is 2.33. The summed E-state index contributed by atoms with van der Waals surface area (Å²) in [4.78, 5) is 0. The number of fused-ring (bicyclic) bond motifs is 1. The summed E-state index contributed by atoms with van der Waals surface area (Å²) < 4.78 is 1.87. The number of hydrogen-bond acceptors (Lipinski definition) is 4. The molecule has 6 heteroatoms. The first-order chi connectivity index (χ1) is 12.2. The SMILES string of the molecule is O[C@@H]1CC(Cn2cc(Cl)cn2)C[C@H]1NCc1cccc2c1NCCC2.